The monoisotopic (exact) mass is 249 g/mol. The van der Waals surface area contributed by atoms with Crippen LogP contribution >= 0.6 is 0 Å². The summed E-state index contributed by atoms with van der Waals surface area (Å²) in [6, 6.07) is 0. The van der Waals surface area contributed by atoms with E-state index in [2.05, 4.69) is 39.8 Å². The van der Waals surface area contributed by atoms with Gasteiger partial charge in [0.1, 0.15) is 5.76 Å². The van der Waals surface area contributed by atoms with Gasteiger partial charge >= 0.3 is 0 Å². The minimum atomic E-state index is 0.518. The van der Waals surface area contributed by atoms with E-state index in [4.69, 9.17) is 4.52 Å². The number of hydrogen-bond acceptors (Lipinski definition) is 2. The number of hydrogen-bond donors (Lipinski definition) is 0. The van der Waals surface area contributed by atoms with Crippen LogP contribution in [0, 0.1) is 5.92 Å². The highest BCUT2D eigenvalue weighted by atomic mass is 16.5. The van der Waals surface area contributed by atoms with Crippen molar-refractivity contribution in [2.24, 2.45) is 5.92 Å². The highest BCUT2D eigenvalue weighted by Crippen LogP contribution is 2.46. The molecule has 1 aromatic heterocycles. The second kappa shape index (κ2) is 5.46. The standard InChI is InChI=1S/C16H27NO/c1-6-11(4)14-15(12(5)7-2)17-18-16(14)13-8-10(3)9-13/h10-13H,6-9H2,1-5H3/t10?,11?,12-,13?/m1/s1. The maximum Gasteiger partial charge on any atom is 0.143 e. The van der Waals surface area contributed by atoms with Gasteiger partial charge in [-0.15, -0.1) is 0 Å². The van der Waals surface area contributed by atoms with Gasteiger partial charge in [0.25, 0.3) is 0 Å². The molecule has 2 atom stereocenters. The summed E-state index contributed by atoms with van der Waals surface area (Å²) in [5.74, 6) is 3.79. The van der Waals surface area contributed by atoms with Crippen molar-refractivity contribution >= 4 is 0 Å². The van der Waals surface area contributed by atoms with Crippen molar-refractivity contribution in [2.45, 2.75) is 78.1 Å². The maximum atomic E-state index is 5.74. The van der Waals surface area contributed by atoms with Gasteiger partial charge in [-0.3, -0.25) is 0 Å². The third-order valence-electron chi connectivity index (χ3n) is 4.71. The summed E-state index contributed by atoms with van der Waals surface area (Å²) >= 11 is 0. The van der Waals surface area contributed by atoms with Crippen molar-refractivity contribution < 1.29 is 4.52 Å². The normalized spacial score (nSPS) is 26.7. The maximum absolute atomic E-state index is 5.74. The first-order valence-electron chi connectivity index (χ1n) is 7.57. The van der Waals surface area contributed by atoms with Gasteiger partial charge in [-0.05, 0) is 37.5 Å². The van der Waals surface area contributed by atoms with Crippen molar-refractivity contribution in [1.29, 1.82) is 0 Å². The Hall–Kier alpha value is -0.790. The van der Waals surface area contributed by atoms with Crippen LogP contribution in [-0.4, -0.2) is 5.16 Å². The summed E-state index contributed by atoms with van der Waals surface area (Å²) in [7, 11) is 0. The summed E-state index contributed by atoms with van der Waals surface area (Å²) < 4.78 is 5.74. The first kappa shape index (κ1) is 13.6. The number of nitrogens with zero attached hydrogens (tertiary/aromatic N) is 1. The van der Waals surface area contributed by atoms with Crippen LogP contribution < -0.4 is 0 Å². The van der Waals surface area contributed by atoms with E-state index in [1.807, 2.05) is 0 Å². The van der Waals surface area contributed by atoms with Gasteiger partial charge < -0.3 is 4.52 Å². The van der Waals surface area contributed by atoms with E-state index in [1.54, 1.807) is 0 Å². The van der Waals surface area contributed by atoms with Crippen molar-refractivity contribution in [1.82, 2.24) is 5.16 Å². The fourth-order valence-electron chi connectivity index (χ4n) is 2.98. The van der Waals surface area contributed by atoms with Gasteiger partial charge in [0.05, 0.1) is 5.69 Å². The molecular formula is C16H27NO. The molecule has 1 saturated carbocycles. The average Bonchev–Trinajstić information content (AvgIpc) is 2.77. The lowest BCUT2D eigenvalue weighted by Gasteiger charge is -2.32. The number of aromatic nitrogens is 1. The SMILES string of the molecule is CCC(C)c1c([C@H](C)CC)noc1C1CC(C)C1. The second-order valence-corrected chi connectivity index (χ2v) is 6.24. The quantitative estimate of drug-likeness (QED) is 0.715. The van der Waals surface area contributed by atoms with Crippen molar-refractivity contribution in [3.63, 3.8) is 0 Å². The third-order valence-corrected chi connectivity index (χ3v) is 4.71. The largest absolute Gasteiger partial charge is 0.361 e. The molecule has 0 radical (unpaired) electrons. The molecule has 0 N–H and O–H groups in total. The Morgan fingerprint density at radius 3 is 2.28 bits per heavy atom. The molecular weight excluding hydrogens is 222 g/mol. The summed E-state index contributed by atoms with van der Waals surface area (Å²) in [4.78, 5) is 0. The number of rotatable bonds is 5. The zero-order chi connectivity index (χ0) is 13.3. The molecule has 0 amide bonds. The van der Waals surface area contributed by atoms with Gasteiger partial charge in [-0.1, -0.05) is 39.8 Å². The molecule has 102 valence electrons. The molecule has 18 heavy (non-hydrogen) atoms. The van der Waals surface area contributed by atoms with Crippen LogP contribution in [0.15, 0.2) is 4.52 Å². The van der Waals surface area contributed by atoms with Crippen LogP contribution in [0.3, 0.4) is 0 Å². The zero-order valence-electron chi connectivity index (χ0n) is 12.5. The summed E-state index contributed by atoms with van der Waals surface area (Å²) in [6.45, 7) is 11.4. The first-order valence-corrected chi connectivity index (χ1v) is 7.57. The molecule has 1 unspecified atom stereocenters. The van der Waals surface area contributed by atoms with E-state index in [1.165, 1.54) is 36.3 Å². The van der Waals surface area contributed by atoms with Crippen molar-refractivity contribution in [3.05, 3.63) is 17.0 Å². The predicted octanol–water partition coefficient (Wildman–Crippen LogP) is 5.22. The molecule has 0 aliphatic heterocycles. The summed E-state index contributed by atoms with van der Waals surface area (Å²) in [6.07, 6.45) is 4.85. The Kier molecular flexibility index (Phi) is 4.14. The summed E-state index contributed by atoms with van der Waals surface area (Å²) in [5.41, 5.74) is 2.66. The van der Waals surface area contributed by atoms with E-state index in [-0.39, 0.29) is 0 Å². The Morgan fingerprint density at radius 1 is 1.17 bits per heavy atom. The molecule has 0 saturated heterocycles. The smallest absolute Gasteiger partial charge is 0.143 e. The highest BCUT2D eigenvalue weighted by Gasteiger charge is 2.35. The van der Waals surface area contributed by atoms with Gasteiger partial charge in [0.2, 0.25) is 0 Å². The molecule has 1 aliphatic carbocycles. The minimum Gasteiger partial charge on any atom is -0.361 e. The van der Waals surface area contributed by atoms with E-state index >= 15 is 0 Å². The Balaban J connectivity index is 2.31. The Morgan fingerprint density at radius 2 is 1.78 bits per heavy atom. The molecule has 2 heteroatoms. The minimum absolute atomic E-state index is 0.518. The van der Waals surface area contributed by atoms with Crippen LogP contribution in [0.5, 0.6) is 0 Å². The lowest BCUT2D eigenvalue weighted by molar-refractivity contribution is 0.231. The van der Waals surface area contributed by atoms with Gasteiger partial charge in [0, 0.05) is 17.4 Å². The highest BCUT2D eigenvalue weighted by molar-refractivity contribution is 5.32. The van der Waals surface area contributed by atoms with Crippen LogP contribution in [0.4, 0.5) is 0 Å². The summed E-state index contributed by atoms with van der Waals surface area (Å²) in [5, 5.41) is 4.41. The van der Waals surface area contributed by atoms with E-state index in [0.717, 1.165) is 12.3 Å². The molecule has 1 aromatic rings. The third kappa shape index (κ3) is 2.34. The Bertz CT molecular complexity index is 390. The molecule has 0 aromatic carbocycles. The Labute approximate surface area is 111 Å². The fraction of sp³-hybridized carbons (Fsp3) is 0.812. The molecule has 0 bridgehead atoms. The van der Waals surface area contributed by atoms with E-state index in [0.29, 0.717) is 17.8 Å². The topological polar surface area (TPSA) is 26.0 Å². The van der Waals surface area contributed by atoms with Crippen LogP contribution in [0.25, 0.3) is 0 Å². The van der Waals surface area contributed by atoms with Gasteiger partial charge in [-0.25, -0.2) is 0 Å². The van der Waals surface area contributed by atoms with Crippen molar-refractivity contribution in [2.75, 3.05) is 0 Å². The lowest BCUT2D eigenvalue weighted by Crippen LogP contribution is -2.20. The first-order chi connectivity index (χ1) is 8.58. The lowest BCUT2D eigenvalue weighted by atomic mass is 9.72. The molecule has 1 aliphatic rings. The van der Waals surface area contributed by atoms with Crippen LogP contribution in [-0.2, 0) is 0 Å². The van der Waals surface area contributed by atoms with E-state index < -0.39 is 0 Å². The average molecular weight is 249 g/mol. The molecule has 2 rings (SSSR count). The van der Waals surface area contributed by atoms with Crippen LogP contribution in [0.1, 0.15) is 95.1 Å². The predicted molar refractivity (Wildman–Crippen MR) is 75.1 cm³/mol. The van der Waals surface area contributed by atoms with Gasteiger partial charge in [-0.2, -0.15) is 0 Å². The van der Waals surface area contributed by atoms with Crippen LogP contribution in [0.2, 0.25) is 0 Å². The molecule has 1 heterocycles. The van der Waals surface area contributed by atoms with Gasteiger partial charge in [0.15, 0.2) is 0 Å². The molecule has 2 nitrogen and oxygen atoms in total. The van der Waals surface area contributed by atoms with Crippen molar-refractivity contribution in [3.8, 4) is 0 Å². The fourth-order valence-corrected chi connectivity index (χ4v) is 2.98. The molecule has 1 fully saturated rings. The molecule has 0 spiro atoms. The zero-order valence-corrected chi connectivity index (χ0v) is 12.5. The second-order valence-electron chi connectivity index (χ2n) is 6.24. The van der Waals surface area contributed by atoms with E-state index in [9.17, 15) is 0 Å².